The van der Waals surface area contributed by atoms with Crippen molar-refractivity contribution < 1.29 is 10.8 Å². The van der Waals surface area contributed by atoms with Crippen LogP contribution in [-0.2, 0) is 0 Å². The second kappa shape index (κ2) is 5.92. The molecule has 2 nitrogen and oxygen atoms in total. The van der Waals surface area contributed by atoms with E-state index in [2.05, 4.69) is 0 Å². The Morgan fingerprint density at radius 1 is 0.889 bits per heavy atom. The van der Waals surface area contributed by atoms with Gasteiger partial charge in [-0.2, -0.15) is 0 Å². The monoisotopic (exact) mass is 241 g/mol. The van der Waals surface area contributed by atoms with Crippen molar-refractivity contribution in [3.05, 3.63) is 59.6 Å². The molecule has 18 heavy (non-hydrogen) atoms. The Balaban J connectivity index is 2.24. The lowest BCUT2D eigenvalue weighted by atomic mass is 10.1. The van der Waals surface area contributed by atoms with Crippen LogP contribution in [0.1, 0.15) is 12.5 Å². The van der Waals surface area contributed by atoms with Crippen molar-refractivity contribution in [2.24, 2.45) is 0 Å². The molecule has 0 aliphatic rings. The Labute approximate surface area is 109 Å². The topological polar surface area (TPSA) is 18.5 Å². The van der Waals surface area contributed by atoms with Gasteiger partial charge in [0.1, 0.15) is 11.5 Å². The number of benzene rings is 2. The van der Waals surface area contributed by atoms with Gasteiger partial charge in [0.15, 0.2) is 0 Å². The first-order chi connectivity index (χ1) is 9.21. The van der Waals surface area contributed by atoms with E-state index in [1.165, 1.54) is 0 Å². The van der Waals surface area contributed by atoms with Crippen molar-refractivity contribution in [2.45, 2.75) is 0 Å². The van der Waals surface area contributed by atoms with Crippen molar-refractivity contribution in [3.8, 4) is 11.5 Å². The summed E-state index contributed by atoms with van der Waals surface area (Å²) in [5, 5.41) is 0. The van der Waals surface area contributed by atoms with Crippen LogP contribution in [0.5, 0.6) is 11.5 Å². The van der Waals surface area contributed by atoms with Crippen LogP contribution in [-0.4, -0.2) is 14.2 Å². The van der Waals surface area contributed by atoms with Crippen molar-refractivity contribution >= 4 is 12.2 Å². The lowest BCUT2D eigenvalue weighted by Gasteiger charge is -2.05. The minimum absolute atomic E-state index is 0.514. The molecule has 0 bridgehead atoms. The fourth-order valence-corrected chi connectivity index (χ4v) is 1.63. The smallest absolute Gasteiger partial charge is 0.123 e. The molecule has 2 rings (SSSR count). The van der Waals surface area contributed by atoms with Gasteiger partial charge in [-0.3, -0.25) is 0 Å². The number of ether oxygens (including phenoxy) is 2. The lowest BCUT2D eigenvalue weighted by molar-refractivity contribution is 0.394. The van der Waals surface area contributed by atoms with Crippen molar-refractivity contribution in [2.75, 3.05) is 14.2 Å². The van der Waals surface area contributed by atoms with Crippen molar-refractivity contribution in [1.82, 2.24) is 0 Å². The Morgan fingerprint density at radius 3 is 2.00 bits per heavy atom. The minimum Gasteiger partial charge on any atom is -0.497 e. The van der Waals surface area contributed by atoms with Gasteiger partial charge in [-0.15, -0.1) is 0 Å². The van der Waals surface area contributed by atoms with E-state index >= 15 is 0 Å². The van der Waals surface area contributed by atoms with Crippen LogP contribution in [0.15, 0.2) is 48.5 Å². The van der Waals surface area contributed by atoms with E-state index < -0.39 is 0 Å². The van der Waals surface area contributed by atoms with Crippen LogP contribution in [0.2, 0.25) is 0 Å². The molecule has 0 fully saturated rings. The van der Waals surface area contributed by atoms with Crippen LogP contribution in [0.25, 0.3) is 12.2 Å². The summed E-state index contributed by atoms with van der Waals surface area (Å²) in [6, 6.07) is 13.6. The van der Waals surface area contributed by atoms with Crippen LogP contribution in [0, 0.1) is 0 Å². The van der Waals surface area contributed by atoms with Crippen molar-refractivity contribution in [1.29, 1.82) is 0 Å². The summed E-state index contributed by atoms with van der Waals surface area (Å²) in [7, 11) is 3.27. The van der Waals surface area contributed by atoms with E-state index in [4.69, 9.17) is 10.8 Å². The molecule has 0 aliphatic heterocycles. The van der Waals surface area contributed by atoms with Crippen LogP contribution in [0.4, 0.5) is 0 Å². The van der Waals surface area contributed by atoms with Gasteiger partial charge in [-0.05, 0) is 23.3 Å². The molecule has 0 atom stereocenters. The Kier molecular flexibility index (Phi) is 3.58. The highest BCUT2D eigenvalue weighted by Gasteiger charge is 1.99. The van der Waals surface area contributed by atoms with E-state index in [1.54, 1.807) is 26.4 Å². The highest BCUT2D eigenvalue weighted by Crippen LogP contribution is 2.23. The molecule has 0 spiro atoms. The fourth-order valence-electron chi connectivity index (χ4n) is 1.63. The molecular formula is C16H16O2. The summed E-state index contributed by atoms with van der Waals surface area (Å²) in [5.74, 6) is 1.53. The summed E-state index contributed by atoms with van der Waals surface area (Å²) in [4.78, 5) is 0. The maximum absolute atomic E-state index is 7.44. The molecule has 2 aromatic carbocycles. The third-order valence-corrected chi connectivity index (χ3v) is 2.59. The summed E-state index contributed by atoms with van der Waals surface area (Å²) < 4.78 is 17.9. The quantitative estimate of drug-likeness (QED) is 0.756. The molecule has 0 aliphatic carbocycles. The van der Waals surface area contributed by atoms with Gasteiger partial charge in [0.25, 0.3) is 0 Å². The maximum atomic E-state index is 7.44. The molecule has 0 saturated heterocycles. The summed E-state index contributed by atoms with van der Waals surface area (Å²) in [5.41, 5.74) is 2.06. The number of hydrogen-bond acceptors (Lipinski definition) is 2. The second-order valence-electron chi connectivity index (χ2n) is 3.81. The van der Waals surface area contributed by atoms with Gasteiger partial charge >= 0.3 is 0 Å². The van der Waals surface area contributed by atoms with E-state index in [-0.39, 0.29) is 0 Å². The van der Waals surface area contributed by atoms with Gasteiger partial charge in [0.05, 0.1) is 15.6 Å². The highest BCUT2D eigenvalue weighted by molar-refractivity contribution is 5.70. The van der Waals surface area contributed by atoms with E-state index in [9.17, 15) is 0 Å². The zero-order valence-corrected chi connectivity index (χ0v) is 10.5. The summed E-state index contributed by atoms with van der Waals surface area (Å²) >= 11 is 0. The molecular weight excluding hydrogens is 224 g/mol. The minimum atomic E-state index is 0.514. The van der Waals surface area contributed by atoms with Gasteiger partial charge in [0, 0.05) is 6.07 Å². The van der Waals surface area contributed by atoms with Crippen LogP contribution >= 0.6 is 0 Å². The first-order valence-corrected chi connectivity index (χ1v) is 5.69. The highest BCUT2D eigenvalue weighted by atomic mass is 16.5. The van der Waals surface area contributed by atoms with Crippen LogP contribution < -0.4 is 9.47 Å². The van der Waals surface area contributed by atoms with Gasteiger partial charge < -0.3 is 9.47 Å². The summed E-state index contributed by atoms with van der Waals surface area (Å²) in [6.07, 6.45) is 3.98. The average molecular weight is 241 g/mol. The normalized spacial score (nSPS) is 11.3. The third kappa shape index (κ3) is 3.14. The van der Waals surface area contributed by atoms with E-state index in [1.807, 2.05) is 42.5 Å². The maximum Gasteiger partial charge on any atom is 0.123 e. The Hall–Kier alpha value is -2.22. The number of hydrogen-bond donors (Lipinski definition) is 0. The standard InChI is InChI=1S/C16H16O2/c1-17-15-10-14(11-16(12-15)18-2)9-8-13-6-4-3-5-7-13/h3-12H,1-2H3/i3D. The zero-order valence-electron chi connectivity index (χ0n) is 11.5. The van der Waals surface area contributed by atoms with Gasteiger partial charge in [-0.1, -0.05) is 42.5 Å². The molecule has 92 valence electrons. The average Bonchev–Trinajstić information content (AvgIpc) is 2.46. The molecule has 0 heterocycles. The largest absolute Gasteiger partial charge is 0.497 e. The zero-order chi connectivity index (χ0) is 13.7. The number of rotatable bonds is 4. The molecule has 0 unspecified atom stereocenters. The SMILES string of the molecule is [2H]c1ccc(C=Cc2cc(OC)cc(OC)c2)cc1. The van der Waals surface area contributed by atoms with Crippen molar-refractivity contribution in [3.63, 3.8) is 0 Å². The molecule has 0 amide bonds. The molecule has 2 heteroatoms. The third-order valence-electron chi connectivity index (χ3n) is 2.59. The Bertz CT molecular complexity index is 552. The predicted octanol–water partition coefficient (Wildman–Crippen LogP) is 3.87. The predicted molar refractivity (Wildman–Crippen MR) is 74.9 cm³/mol. The fraction of sp³-hybridized carbons (Fsp3) is 0.125. The Morgan fingerprint density at radius 2 is 1.44 bits per heavy atom. The van der Waals surface area contributed by atoms with E-state index in [0.717, 1.165) is 22.6 Å². The molecule has 0 radical (unpaired) electrons. The van der Waals surface area contributed by atoms with E-state index in [0.29, 0.717) is 6.04 Å². The second-order valence-corrected chi connectivity index (χ2v) is 3.81. The first-order valence-electron chi connectivity index (χ1n) is 6.19. The molecule has 0 saturated carbocycles. The lowest BCUT2D eigenvalue weighted by Crippen LogP contribution is -1.88. The molecule has 2 aromatic rings. The summed E-state index contributed by atoms with van der Waals surface area (Å²) in [6.45, 7) is 0. The van der Waals surface area contributed by atoms with Crippen LogP contribution in [0.3, 0.4) is 0 Å². The first kappa shape index (κ1) is 10.9. The molecule has 0 aromatic heterocycles. The van der Waals surface area contributed by atoms with Gasteiger partial charge in [0.2, 0.25) is 0 Å². The molecule has 0 N–H and O–H groups in total. The number of methoxy groups -OCH3 is 2. The van der Waals surface area contributed by atoms with Gasteiger partial charge in [-0.25, -0.2) is 0 Å².